The lowest BCUT2D eigenvalue weighted by atomic mass is 9.99. The molecule has 1 aromatic carbocycles. The number of alkyl halides is 3. The molecule has 1 N–H and O–H groups in total. The number of benzene rings is 1. The monoisotopic (exact) mass is 290 g/mol. The molecule has 2 rings (SSSR count). The predicted molar refractivity (Wildman–Crippen MR) is 68.9 cm³/mol. The van der Waals surface area contributed by atoms with Crippen LogP contribution in [0.1, 0.15) is 24.4 Å². The number of nitrogens with one attached hydrogen (secondary N) is 1. The van der Waals surface area contributed by atoms with Crippen LogP contribution in [-0.4, -0.2) is 37.3 Å². The zero-order chi connectivity index (χ0) is 14.6. The SMILES string of the molecule is Fc1cccc([C@H](CCC(F)(F)F)N2CCNCC2)c1. The highest BCUT2D eigenvalue weighted by molar-refractivity contribution is 5.20. The normalized spacial score (nSPS) is 19.0. The molecule has 0 aliphatic carbocycles. The second kappa shape index (κ2) is 6.54. The summed E-state index contributed by atoms with van der Waals surface area (Å²) < 4.78 is 50.7. The van der Waals surface area contributed by atoms with Crippen LogP contribution in [0.3, 0.4) is 0 Å². The van der Waals surface area contributed by atoms with Gasteiger partial charge in [0.15, 0.2) is 0 Å². The fourth-order valence-corrected chi connectivity index (χ4v) is 2.57. The molecule has 1 atom stereocenters. The molecule has 1 aliphatic heterocycles. The van der Waals surface area contributed by atoms with Gasteiger partial charge < -0.3 is 5.32 Å². The second-order valence-corrected chi connectivity index (χ2v) is 5.01. The van der Waals surface area contributed by atoms with Crippen LogP contribution in [0.4, 0.5) is 17.6 Å². The third-order valence-corrected chi connectivity index (χ3v) is 3.53. The first kappa shape index (κ1) is 15.3. The summed E-state index contributed by atoms with van der Waals surface area (Å²) in [5.41, 5.74) is 0.621. The number of halogens is 4. The van der Waals surface area contributed by atoms with E-state index in [9.17, 15) is 17.6 Å². The zero-order valence-electron chi connectivity index (χ0n) is 11.1. The number of hydrogen-bond donors (Lipinski definition) is 1. The largest absolute Gasteiger partial charge is 0.389 e. The van der Waals surface area contributed by atoms with Gasteiger partial charge in [0.1, 0.15) is 5.82 Å². The molecule has 0 unspecified atom stereocenters. The molecule has 0 bridgehead atoms. The molecule has 0 saturated carbocycles. The smallest absolute Gasteiger partial charge is 0.314 e. The van der Waals surface area contributed by atoms with E-state index in [0.717, 1.165) is 13.1 Å². The Labute approximate surface area is 115 Å². The average Bonchev–Trinajstić information content (AvgIpc) is 2.39. The summed E-state index contributed by atoms with van der Waals surface area (Å²) in [4.78, 5) is 2.00. The number of nitrogens with zero attached hydrogens (tertiary/aromatic N) is 1. The van der Waals surface area contributed by atoms with Gasteiger partial charge >= 0.3 is 6.18 Å². The van der Waals surface area contributed by atoms with Gasteiger partial charge in [0, 0.05) is 38.6 Å². The van der Waals surface area contributed by atoms with Gasteiger partial charge in [-0.1, -0.05) is 12.1 Å². The molecule has 1 fully saturated rings. The van der Waals surface area contributed by atoms with Crippen molar-refractivity contribution >= 4 is 0 Å². The van der Waals surface area contributed by atoms with Gasteiger partial charge in [-0.2, -0.15) is 13.2 Å². The Bertz CT molecular complexity index is 427. The Morgan fingerprint density at radius 3 is 2.50 bits per heavy atom. The number of piperazine rings is 1. The van der Waals surface area contributed by atoms with E-state index in [1.807, 2.05) is 4.90 Å². The number of rotatable bonds is 4. The fraction of sp³-hybridized carbons (Fsp3) is 0.571. The molecule has 0 spiro atoms. The second-order valence-electron chi connectivity index (χ2n) is 5.01. The Balaban J connectivity index is 2.14. The van der Waals surface area contributed by atoms with Crippen molar-refractivity contribution in [3.05, 3.63) is 35.6 Å². The highest BCUT2D eigenvalue weighted by atomic mass is 19.4. The van der Waals surface area contributed by atoms with Crippen molar-refractivity contribution in [1.82, 2.24) is 10.2 Å². The van der Waals surface area contributed by atoms with Gasteiger partial charge in [-0.25, -0.2) is 4.39 Å². The lowest BCUT2D eigenvalue weighted by Crippen LogP contribution is -2.45. The first-order valence-electron chi connectivity index (χ1n) is 6.73. The van der Waals surface area contributed by atoms with Gasteiger partial charge in [-0.05, 0) is 24.1 Å². The average molecular weight is 290 g/mol. The van der Waals surface area contributed by atoms with Crippen LogP contribution in [0.25, 0.3) is 0 Å². The van der Waals surface area contributed by atoms with Gasteiger partial charge in [0.05, 0.1) is 0 Å². The van der Waals surface area contributed by atoms with Gasteiger partial charge in [-0.15, -0.1) is 0 Å². The summed E-state index contributed by atoms with van der Waals surface area (Å²) in [5.74, 6) is -0.408. The first-order chi connectivity index (χ1) is 9.46. The fourth-order valence-electron chi connectivity index (χ4n) is 2.57. The molecule has 1 aliphatic rings. The summed E-state index contributed by atoms with van der Waals surface area (Å²) in [6.45, 7) is 2.85. The van der Waals surface area contributed by atoms with Crippen LogP contribution in [-0.2, 0) is 0 Å². The molecular weight excluding hydrogens is 272 g/mol. The standard InChI is InChI=1S/C14H18F4N2/c15-12-3-1-2-11(10-12)13(4-5-14(16,17)18)20-8-6-19-7-9-20/h1-3,10,13,19H,4-9H2/t13-/m0/s1. The van der Waals surface area contributed by atoms with Crippen LogP contribution < -0.4 is 5.32 Å². The van der Waals surface area contributed by atoms with E-state index in [1.54, 1.807) is 12.1 Å². The van der Waals surface area contributed by atoms with Crippen molar-refractivity contribution in [2.45, 2.75) is 25.1 Å². The van der Waals surface area contributed by atoms with E-state index < -0.39 is 18.4 Å². The van der Waals surface area contributed by atoms with Crippen molar-refractivity contribution in [3.63, 3.8) is 0 Å². The Hall–Kier alpha value is -1.14. The molecule has 1 aromatic rings. The highest BCUT2D eigenvalue weighted by Crippen LogP contribution is 2.31. The molecule has 0 amide bonds. The minimum atomic E-state index is -4.18. The molecule has 1 saturated heterocycles. The summed E-state index contributed by atoms with van der Waals surface area (Å²) >= 11 is 0. The maximum Gasteiger partial charge on any atom is 0.389 e. The van der Waals surface area contributed by atoms with Crippen molar-refractivity contribution in [2.24, 2.45) is 0 Å². The molecule has 6 heteroatoms. The van der Waals surface area contributed by atoms with E-state index >= 15 is 0 Å². The summed E-state index contributed by atoms with van der Waals surface area (Å²) in [7, 11) is 0. The molecule has 20 heavy (non-hydrogen) atoms. The van der Waals surface area contributed by atoms with Crippen LogP contribution in [0.15, 0.2) is 24.3 Å². The summed E-state index contributed by atoms with van der Waals surface area (Å²) in [6, 6.07) is 5.51. The Morgan fingerprint density at radius 1 is 1.20 bits per heavy atom. The van der Waals surface area contributed by atoms with Crippen LogP contribution >= 0.6 is 0 Å². The maximum atomic E-state index is 13.3. The molecular formula is C14H18F4N2. The van der Waals surface area contributed by atoms with E-state index in [4.69, 9.17) is 0 Å². The predicted octanol–water partition coefficient (Wildman–Crippen LogP) is 3.11. The van der Waals surface area contributed by atoms with Crippen molar-refractivity contribution in [3.8, 4) is 0 Å². The van der Waals surface area contributed by atoms with E-state index in [1.165, 1.54) is 12.1 Å². The minimum Gasteiger partial charge on any atom is -0.314 e. The summed E-state index contributed by atoms with van der Waals surface area (Å²) in [5, 5.41) is 3.17. The third kappa shape index (κ3) is 4.45. The molecule has 1 heterocycles. The van der Waals surface area contributed by atoms with Crippen molar-refractivity contribution in [2.75, 3.05) is 26.2 Å². The topological polar surface area (TPSA) is 15.3 Å². The van der Waals surface area contributed by atoms with Crippen molar-refractivity contribution in [1.29, 1.82) is 0 Å². The number of hydrogen-bond acceptors (Lipinski definition) is 2. The minimum absolute atomic E-state index is 0.0348. The van der Waals surface area contributed by atoms with Gasteiger partial charge in [0.25, 0.3) is 0 Å². The lowest BCUT2D eigenvalue weighted by molar-refractivity contribution is -0.138. The van der Waals surface area contributed by atoms with Crippen LogP contribution in [0.5, 0.6) is 0 Å². The molecule has 112 valence electrons. The van der Waals surface area contributed by atoms with E-state index in [0.29, 0.717) is 18.7 Å². The van der Waals surface area contributed by atoms with Crippen LogP contribution in [0.2, 0.25) is 0 Å². The van der Waals surface area contributed by atoms with Gasteiger partial charge in [0.2, 0.25) is 0 Å². The quantitative estimate of drug-likeness (QED) is 0.857. The lowest BCUT2D eigenvalue weighted by Gasteiger charge is -2.35. The first-order valence-corrected chi connectivity index (χ1v) is 6.73. The Kier molecular flexibility index (Phi) is 4.99. The van der Waals surface area contributed by atoms with Crippen molar-refractivity contribution < 1.29 is 17.6 Å². The highest BCUT2D eigenvalue weighted by Gasteiger charge is 2.31. The molecule has 2 nitrogen and oxygen atoms in total. The molecule has 0 aromatic heterocycles. The van der Waals surface area contributed by atoms with E-state index in [-0.39, 0.29) is 12.5 Å². The zero-order valence-corrected chi connectivity index (χ0v) is 11.1. The maximum absolute atomic E-state index is 13.3. The van der Waals surface area contributed by atoms with Crippen LogP contribution in [0, 0.1) is 5.82 Å². The van der Waals surface area contributed by atoms with E-state index in [2.05, 4.69) is 5.32 Å². The summed E-state index contributed by atoms with van der Waals surface area (Å²) in [6.07, 6.45) is -5.06. The third-order valence-electron chi connectivity index (χ3n) is 3.53. The molecule has 0 radical (unpaired) electrons. The van der Waals surface area contributed by atoms with Gasteiger partial charge in [-0.3, -0.25) is 4.90 Å². The Morgan fingerprint density at radius 2 is 1.90 bits per heavy atom.